The van der Waals surface area contributed by atoms with Crippen molar-refractivity contribution in [1.82, 2.24) is 0 Å². The first-order chi connectivity index (χ1) is 13.1. The second-order valence-corrected chi connectivity index (χ2v) is 8.31. The van der Waals surface area contributed by atoms with E-state index in [4.69, 9.17) is 9.47 Å². The number of esters is 1. The number of aliphatic hydroxyl groups is 1. The van der Waals surface area contributed by atoms with Crippen molar-refractivity contribution in [2.24, 2.45) is 5.92 Å². The van der Waals surface area contributed by atoms with Crippen LogP contribution in [0, 0.1) is 5.92 Å². The fourth-order valence-corrected chi connectivity index (χ4v) is 3.78. The number of ether oxygens (including phenoxy) is 2. The summed E-state index contributed by atoms with van der Waals surface area (Å²) >= 11 is 0. The molecule has 2 heterocycles. The van der Waals surface area contributed by atoms with Crippen molar-refractivity contribution in [2.45, 2.75) is 71.5 Å². The van der Waals surface area contributed by atoms with Gasteiger partial charge in [-0.2, -0.15) is 0 Å². The van der Waals surface area contributed by atoms with E-state index in [9.17, 15) is 19.8 Å². The Morgan fingerprint density at radius 2 is 2.00 bits per heavy atom. The van der Waals surface area contributed by atoms with Crippen molar-refractivity contribution < 1.29 is 29.3 Å². The van der Waals surface area contributed by atoms with Crippen LogP contribution in [0.5, 0.6) is 17.2 Å². The van der Waals surface area contributed by atoms with Crippen molar-refractivity contribution in [2.75, 3.05) is 0 Å². The number of aromatic hydroxyl groups is 1. The lowest BCUT2D eigenvalue weighted by atomic mass is 9.81. The molecule has 6 nitrogen and oxygen atoms in total. The summed E-state index contributed by atoms with van der Waals surface area (Å²) < 4.78 is 11.7. The first-order valence-electron chi connectivity index (χ1n) is 9.81. The highest BCUT2D eigenvalue weighted by atomic mass is 16.5. The predicted molar refractivity (Wildman–Crippen MR) is 105 cm³/mol. The smallest absolute Gasteiger partial charge is 0.311 e. The largest absolute Gasteiger partial charge is 0.506 e. The monoisotopic (exact) mass is 388 g/mol. The highest BCUT2D eigenvalue weighted by Gasteiger charge is 2.41. The minimum Gasteiger partial charge on any atom is -0.506 e. The highest BCUT2D eigenvalue weighted by molar-refractivity contribution is 6.06. The lowest BCUT2D eigenvalue weighted by Gasteiger charge is -2.35. The molecule has 2 aliphatic rings. The average molecular weight is 388 g/mol. The third-order valence-electron chi connectivity index (χ3n) is 5.53. The van der Waals surface area contributed by atoms with E-state index in [-0.39, 0.29) is 29.4 Å². The van der Waals surface area contributed by atoms with Gasteiger partial charge in [0.1, 0.15) is 22.7 Å². The molecule has 0 fully saturated rings. The van der Waals surface area contributed by atoms with Crippen molar-refractivity contribution >= 4 is 17.8 Å². The topological polar surface area (TPSA) is 93.1 Å². The van der Waals surface area contributed by atoms with Crippen LogP contribution in [0.2, 0.25) is 0 Å². The number of hydrogen-bond donors (Lipinski definition) is 2. The number of hydrogen-bond acceptors (Lipinski definition) is 6. The van der Waals surface area contributed by atoms with Gasteiger partial charge in [-0.3, -0.25) is 9.59 Å². The maximum Gasteiger partial charge on any atom is 0.311 e. The lowest BCUT2D eigenvalue weighted by molar-refractivity contribution is -0.136. The van der Waals surface area contributed by atoms with Gasteiger partial charge in [0.25, 0.3) is 0 Å². The maximum absolute atomic E-state index is 13.1. The quantitative estimate of drug-likeness (QED) is 0.450. The number of ketones is 1. The molecule has 0 saturated carbocycles. The number of aliphatic hydroxyl groups excluding tert-OH is 1. The number of carbonyl (C=O) groups excluding carboxylic acids is 2. The van der Waals surface area contributed by atoms with E-state index in [0.29, 0.717) is 16.9 Å². The fraction of sp³-hybridized carbons (Fsp3) is 0.545. The molecule has 1 aromatic carbocycles. The van der Waals surface area contributed by atoms with Gasteiger partial charge in [0.15, 0.2) is 11.5 Å². The molecule has 1 unspecified atom stereocenters. The van der Waals surface area contributed by atoms with Gasteiger partial charge < -0.3 is 19.7 Å². The van der Waals surface area contributed by atoms with Crippen LogP contribution < -0.4 is 9.47 Å². The van der Waals surface area contributed by atoms with Crippen molar-refractivity contribution in [3.8, 4) is 17.2 Å². The Morgan fingerprint density at radius 1 is 1.32 bits per heavy atom. The Hall–Kier alpha value is -2.34. The summed E-state index contributed by atoms with van der Waals surface area (Å²) in [5.74, 6) is -1.55. The van der Waals surface area contributed by atoms with E-state index < -0.39 is 29.4 Å². The molecule has 2 aliphatic heterocycles. The summed E-state index contributed by atoms with van der Waals surface area (Å²) in [5, 5.41) is 20.8. The molecule has 0 radical (unpaired) electrons. The van der Waals surface area contributed by atoms with Gasteiger partial charge in [-0.05, 0) is 39.3 Å². The zero-order valence-corrected chi connectivity index (χ0v) is 17.0. The summed E-state index contributed by atoms with van der Waals surface area (Å²) in [6, 6.07) is 0. The Kier molecular flexibility index (Phi) is 5.28. The number of carbonyl (C=O) groups is 2. The van der Waals surface area contributed by atoms with Gasteiger partial charge >= 0.3 is 5.97 Å². The molecule has 6 heteroatoms. The predicted octanol–water partition coefficient (Wildman–Crippen LogP) is 3.97. The highest BCUT2D eigenvalue weighted by Crippen LogP contribution is 2.53. The molecule has 3 rings (SSSR count). The fourth-order valence-electron chi connectivity index (χ4n) is 3.78. The number of rotatable bonds is 5. The number of fused-ring (bicyclic) bond motifs is 3. The third-order valence-corrected chi connectivity index (χ3v) is 5.53. The van der Waals surface area contributed by atoms with Crippen LogP contribution in [-0.2, 0) is 4.79 Å². The molecule has 0 aliphatic carbocycles. The molecule has 3 atom stereocenters. The van der Waals surface area contributed by atoms with Crippen LogP contribution >= 0.6 is 0 Å². The van der Waals surface area contributed by atoms with Crippen molar-refractivity contribution in [1.29, 1.82) is 0 Å². The van der Waals surface area contributed by atoms with Gasteiger partial charge in [0.2, 0.25) is 0 Å². The molecule has 1 aromatic rings. The normalized spacial score (nSPS) is 21.8. The van der Waals surface area contributed by atoms with Gasteiger partial charge in [0, 0.05) is 17.4 Å². The van der Waals surface area contributed by atoms with Crippen molar-refractivity contribution in [3.63, 3.8) is 0 Å². The molecular formula is C22H28O6. The van der Waals surface area contributed by atoms with Crippen LogP contribution in [0.3, 0.4) is 0 Å². The maximum atomic E-state index is 13.1. The zero-order valence-electron chi connectivity index (χ0n) is 17.0. The molecule has 0 spiro atoms. The van der Waals surface area contributed by atoms with Crippen molar-refractivity contribution in [3.05, 3.63) is 22.8 Å². The SMILES string of the molecule is CCCC1CC(=O)Oc2c(C(=O)[C@H](C)[C@H](C)O)c(O)c3c(c21)OC(C)(C)C=C3. The number of Topliss-reactive ketones (excluding diaryl/α,β-unsaturated/α-hetero) is 1. The van der Waals surface area contributed by atoms with Crippen LogP contribution in [0.25, 0.3) is 6.08 Å². The van der Waals surface area contributed by atoms with Crippen LogP contribution in [0.1, 0.15) is 81.3 Å². The molecule has 0 aromatic heterocycles. The molecular weight excluding hydrogens is 360 g/mol. The molecule has 0 bridgehead atoms. The third kappa shape index (κ3) is 3.41. The molecule has 0 amide bonds. The summed E-state index contributed by atoms with van der Waals surface area (Å²) in [6.45, 7) is 8.92. The number of phenolic OH excluding ortho intramolecular Hbond substituents is 1. The Bertz CT molecular complexity index is 849. The molecule has 28 heavy (non-hydrogen) atoms. The molecule has 0 saturated heterocycles. The van der Waals surface area contributed by atoms with Crippen LogP contribution in [-0.4, -0.2) is 33.7 Å². The first-order valence-corrected chi connectivity index (χ1v) is 9.81. The van der Waals surface area contributed by atoms with E-state index in [2.05, 4.69) is 0 Å². The summed E-state index contributed by atoms with van der Waals surface area (Å²) in [5.41, 5.74) is 0.430. The van der Waals surface area contributed by atoms with E-state index >= 15 is 0 Å². The Labute approximate surface area is 165 Å². The van der Waals surface area contributed by atoms with Gasteiger partial charge in [0.05, 0.1) is 18.1 Å². The summed E-state index contributed by atoms with van der Waals surface area (Å²) in [6.07, 6.45) is 4.43. The summed E-state index contributed by atoms with van der Waals surface area (Å²) in [4.78, 5) is 25.4. The zero-order chi connectivity index (χ0) is 20.8. The number of benzene rings is 1. The van der Waals surface area contributed by atoms with E-state index in [1.54, 1.807) is 13.0 Å². The van der Waals surface area contributed by atoms with Gasteiger partial charge in [-0.1, -0.05) is 20.3 Å². The standard InChI is InChI=1S/C22H28O6/c1-6-7-13-10-15(24)27-21-16(13)20-14(8-9-22(4,5)28-20)19(26)17(21)18(25)11(2)12(3)23/h8-9,11-13,23,26H,6-7,10H2,1-5H3/t11-,12+,13?/m1/s1. The average Bonchev–Trinajstić information content (AvgIpc) is 2.59. The first kappa shape index (κ1) is 20.4. The van der Waals surface area contributed by atoms with Crippen LogP contribution in [0.15, 0.2) is 6.08 Å². The Morgan fingerprint density at radius 3 is 2.61 bits per heavy atom. The molecule has 152 valence electrons. The van der Waals surface area contributed by atoms with E-state index in [0.717, 1.165) is 12.8 Å². The molecule has 2 N–H and O–H groups in total. The second kappa shape index (κ2) is 7.24. The summed E-state index contributed by atoms with van der Waals surface area (Å²) in [7, 11) is 0. The second-order valence-electron chi connectivity index (χ2n) is 8.31. The van der Waals surface area contributed by atoms with Crippen LogP contribution in [0.4, 0.5) is 0 Å². The Balaban J connectivity index is 2.32. The minimum atomic E-state index is -0.907. The van der Waals surface area contributed by atoms with Gasteiger partial charge in [-0.15, -0.1) is 0 Å². The minimum absolute atomic E-state index is 0.0516. The number of phenols is 1. The van der Waals surface area contributed by atoms with E-state index in [1.807, 2.05) is 26.8 Å². The lowest BCUT2D eigenvalue weighted by Crippen LogP contribution is -2.32. The van der Waals surface area contributed by atoms with E-state index in [1.165, 1.54) is 6.92 Å². The van der Waals surface area contributed by atoms with Gasteiger partial charge in [-0.25, -0.2) is 0 Å².